The quantitative estimate of drug-likeness (QED) is 0.882. The van der Waals surface area contributed by atoms with E-state index < -0.39 is 0 Å². The fraction of sp³-hybridized carbons (Fsp3) is 0.600. The highest BCUT2D eigenvalue weighted by Crippen LogP contribution is 2.31. The van der Waals surface area contributed by atoms with E-state index in [1.165, 1.54) is 24.9 Å². The molecule has 1 heterocycles. The topological polar surface area (TPSA) is 24.5 Å². The minimum absolute atomic E-state index is 0.793. The Morgan fingerprint density at radius 1 is 1.17 bits per heavy atom. The molecule has 1 aromatic carbocycles. The van der Waals surface area contributed by atoms with Crippen LogP contribution < -0.4 is 15.0 Å². The summed E-state index contributed by atoms with van der Waals surface area (Å²) in [4.78, 5) is 2.42. The van der Waals surface area contributed by atoms with Crippen molar-refractivity contribution in [3.8, 4) is 5.75 Å². The standard InChI is InChI=1S/C15H22N2O/c1-2-7-15(18-12-13-4-3-5-13)14(6-1)17-10-8-16-9-11-17/h1-2,6-7,13,16H,3-5,8-12H2. The molecule has 1 aliphatic carbocycles. The van der Waals surface area contributed by atoms with Crippen LogP contribution in [-0.2, 0) is 0 Å². The Labute approximate surface area is 109 Å². The van der Waals surface area contributed by atoms with Crippen molar-refractivity contribution in [1.29, 1.82) is 0 Å². The molecular weight excluding hydrogens is 224 g/mol. The lowest BCUT2D eigenvalue weighted by Crippen LogP contribution is -2.43. The maximum atomic E-state index is 6.03. The van der Waals surface area contributed by atoms with E-state index in [0.717, 1.165) is 44.5 Å². The van der Waals surface area contributed by atoms with Gasteiger partial charge in [0.15, 0.2) is 0 Å². The second-order valence-electron chi connectivity index (χ2n) is 5.31. The molecule has 1 N–H and O–H groups in total. The summed E-state index contributed by atoms with van der Waals surface area (Å²) >= 11 is 0. The molecule has 1 aliphatic heterocycles. The van der Waals surface area contributed by atoms with E-state index >= 15 is 0 Å². The number of nitrogens with zero attached hydrogens (tertiary/aromatic N) is 1. The van der Waals surface area contributed by atoms with Gasteiger partial charge < -0.3 is 15.0 Å². The molecule has 3 nitrogen and oxygen atoms in total. The molecule has 3 heteroatoms. The third-order valence-corrected chi connectivity index (χ3v) is 4.02. The first-order valence-corrected chi connectivity index (χ1v) is 7.11. The number of hydrogen-bond acceptors (Lipinski definition) is 3. The maximum absolute atomic E-state index is 6.03. The highest BCUT2D eigenvalue weighted by molar-refractivity contribution is 5.58. The highest BCUT2D eigenvalue weighted by atomic mass is 16.5. The van der Waals surface area contributed by atoms with Gasteiger partial charge in [0.1, 0.15) is 5.75 Å². The molecule has 18 heavy (non-hydrogen) atoms. The summed E-state index contributed by atoms with van der Waals surface area (Å²) in [5.74, 6) is 1.85. The van der Waals surface area contributed by atoms with E-state index in [4.69, 9.17) is 4.74 Å². The van der Waals surface area contributed by atoms with Gasteiger partial charge in [-0.15, -0.1) is 0 Å². The molecule has 98 valence electrons. The Hall–Kier alpha value is -1.22. The lowest BCUT2D eigenvalue weighted by atomic mass is 9.86. The first-order chi connectivity index (χ1) is 8.93. The van der Waals surface area contributed by atoms with Crippen LogP contribution in [-0.4, -0.2) is 32.8 Å². The second kappa shape index (κ2) is 5.61. The van der Waals surface area contributed by atoms with Crippen LogP contribution >= 0.6 is 0 Å². The van der Waals surface area contributed by atoms with E-state index in [2.05, 4.69) is 34.5 Å². The Bertz CT molecular complexity index is 384. The lowest BCUT2D eigenvalue weighted by molar-refractivity contribution is 0.181. The zero-order valence-corrected chi connectivity index (χ0v) is 10.9. The molecule has 2 fully saturated rings. The molecule has 3 rings (SSSR count). The molecule has 0 radical (unpaired) electrons. The fourth-order valence-electron chi connectivity index (χ4n) is 2.61. The summed E-state index contributed by atoms with van der Waals surface area (Å²) in [5, 5.41) is 3.39. The average Bonchev–Trinajstić information content (AvgIpc) is 2.39. The average molecular weight is 246 g/mol. The third kappa shape index (κ3) is 2.61. The molecule has 2 aliphatic rings. The van der Waals surface area contributed by atoms with E-state index in [-0.39, 0.29) is 0 Å². The SMILES string of the molecule is c1ccc(N2CCNCC2)c(OCC2CCC2)c1. The summed E-state index contributed by atoms with van der Waals surface area (Å²) in [7, 11) is 0. The van der Waals surface area contributed by atoms with Crippen LogP contribution in [0.15, 0.2) is 24.3 Å². The third-order valence-electron chi connectivity index (χ3n) is 4.02. The predicted octanol–water partition coefficient (Wildman–Crippen LogP) is 2.28. The van der Waals surface area contributed by atoms with Gasteiger partial charge in [-0.25, -0.2) is 0 Å². The van der Waals surface area contributed by atoms with Crippen molar-refractivity contribution in [2.75, 3.05) is 37.7 Å². The largest absolute Gasteiger partial charge is 0.491 e. The monoisotopic (exact) mass is 246 g/mol. The molecule has 0 atom stereocenters. The van der Waals surface area contributed by atoms with Crippen LogP contribution in [0.5, 0.6) is 5.75 Å². The van der Waals surface area contributed by atoms with Gasteiger partial charge in [0.2, 0.25) is 0 Å². The smallest absolute Gasteiger partial charge is 0.142 e. The second-order valence-corrected chi connectivity index (χ2v) is 5.31. The number of hydrogen-bond donors (Lipinski definition) is 1. The van der Waals surface area contributed by atoms with Crippen LogP contribution in [0.1, 0.15) is 19.3 Å². The van der Waals surface area contributed by atoms with Crippen molar-refractivity contribution in [3.05, 3.63) is 24.3 Å². The Morgan fingerprint density at radius 2 is 1.94 bits per heavy atom. The predicted molar refractivity (Wildman–Crippen MR) is 74.4 cm³/mol. The van der Waals surface area contributed by atoms with Crippen LogP contribution in [0.25, 0.3) is 0 Å². The number of benzene rings is 1. The molecule has 1 saturated carbocycles. The van der Waals surface area contributed by atoms with Gasteiger partial charge in [-0.05, 0) is 30.9 Å². The number of anilines is 1. The van der Waals surface area contributed by atoms with Crippen molar-refractivity contribution in [1.82, 2.24) is 5.32 Å². The number of para-hydroxylation sites is 2. The van der Waals surface area contributed by atoms with Gasteiger partial charge in [-0.2, -0.15) is 0 Å². The van der Waals surface area contributed by atoms with Gasteiger partial charge in [0.05, 0.1) is 12.3 Å². The molecular formula is C15H22N2O. The van der Waals surface area contributed by atoms with Crippen molar-refractivity contribution in [2.24, 2.45) is 5.92 Å². The van der Waals surface area contributed by atoms with Crippen LogP contribution in [0, 0.1) is 5.92 Å². The minimum Gasteiger partial charge on any atom is -0.491 e. The maximum Gasteiger partial charge on any atom is 0.142 e. The van der Waals surface area contributed by atoms with E-state index in [0.29, 0.717) is 0 Å². The first-order valence-electron chi connectivity index (χ1n) is 7.11. The number of rotatable bonds is 4. The van der Waals surface area contributed by atoms with E-state index in [9.17, 15) is 0 Å². The highest BCUT2D eigenvalue weighted by Gasteiger charge is 2.19. The summed E-state index contributed by atoms with van der Waals surface area (Å²) in [6, 6.07) is 8.47. The van der Waals surface area contributed by atoms with Gasteiger partial charge in [-0.3, -0.25) is 0 Å². The summed E-state index contributed by atoms with van der Waals surface area (Å²) in [6.45, 7) is 5.17. The molecule has 0 aromatic heterocycles. The summed E-state index contributed by atoms with van der Waals surface area (Å²) in [5.41, 5.74) is 1.26. The number of piperazine rings is 1. The minimum atomic E-state index is 0.793. The normalized spacial score (nSPS) is 20.6. The zero-order chi connectivity index (χ0) is 12.2. The molecule has 0 amide bonds. The van der Waals surface area contributed by atoms with Crippen LogP contribution in [0.3, 0.4) is 0 Å². The summed E-state index contributed by atoms with van der Waals surface area (Å²) < 4.78 is 6.03. The van der Waals surface area contributed by atoms with Gasteiger partial charge >= 0.3 is 0 Å². The van der Waals surface area contributed by atoms with Crippen molar-refractivity contribution in [2.45, 2.75) is 19.3 Å². The Kier molecular flexibility index (Phi) is 3.69. The van der Waals surface area contributed by atoms with Crippen LogP contribution in [0.4, 0.5) is 5.69 Å². The molecule has 1 saturated heterocycles. The van der Waals surface area contributed by atoms with Crippen molar-refractivity contribution < 1.29 is 4.74 Å². The molecule has 0 bridgehead atoms. The first kappa shape index (κ1) is 11.8. The molecule has 1 aromatic rings. The Morgan fingerprint density at radius 3 is 2.67 bits per heavy atom. The van der Waals surface area contributed by atoms with Gasteiger partial charge in [-0.1, -0.05) is 18.6 Å². The van der Waals surface area contributed by atoms with E-state index in [1.807, 2.05) is 0 Å². The summed E-state index contributed by atoms with van der Waals surface area (Å²) in [6.07, 6.45) is 4.07. The van der Waals surface area contributed by atoms with Crippen molar-refractivity contribution >= 4 is 5.69 Å². The molecule has 0 spiro atoms. The lowest BCUT2D eigenvalue weighted by Gasteiger charge is -2.31. The number of ether oxygens (including phenoxy) is 1. The van der Waals surface area contributed by atoms with E-state index in [1.54, 1.807) is 0 Å². The van der Waals surface area contributed by atoms with Crippen LogP contribution in [0.2, 0.25) is 0 Å². The Balaban J connectivity index is 1.67. The van der Waals surface area contributed by atoms with Gasteiger partial charge in [0, 0.05) is 26.2 Å². The molecule has 0 unspecified atom stereocenters. The fourth-order valence-corrected chi connectivity index (χ4v) is 2.61. The van der Waals surface area contributed by atoms with Crippen molar-refractivity contribution in [3.63, 3.8) is 0 Å². The number of nitrogens with one attached hydrogen (secondary N) is 1. The van der Waals surface area contributed by atoms with Gasteiger partial charge in [0.25, 0.3) is 0 Å². The zero-order valence-electron chi connectivity index (χ0n) is 10.9.